The van der Waals surface area contributed by atoms with Crippen LogP contribution in [0, 0.1) is 12.8 Å². The molecule has 1 atom stereocenters. The van der Waals surface area contributed by atoms with Crippen molar-refractivity contribution in [2.45, 2.75) is 19.8 Å². The molecule has 2 rings (SSSR count). The summed E-state index contributed by atoms with van der Waals surface area (Å²) in [7, 11) is 2.14. The second-order valence-electron chi connectivity index (χ2n) is 5.46. The van der Waals surface area contributed by atoms with Crippen LogP contribution in [0.25, 0.3) is 0 Å². The van der Waals surface area contributed by atoms with Gasteiger partial charge in [-0.2, -0.15) is 0 Å². The molecule has 1 aliphatic heterocycles. The lowest BCUT2D eigenvalue weighted by molar-refractivity contribution is 0.0936. The molecule has 1 aromatic rings. The maximum absolute atomic E-state index is 12.2. The first-order valence-corrected chi connectivity index (χ1v) is 7.58. The van der Waals surface area contributed by atoms with Crippen molar-refractivity contribution in [2.24, 2.45) is 5.92 Å². The molecule has 1 heterocycles. The normalized spacial score (nSPS) is 20.3. The maximum Gasteiger partial charge on any atom is 0.252 e. The van der Waals surface area contributed by atoms with Crippen LogP contribution in [-0.2, 0) is 0 Å². The molecule has 0 aromatic heterocycles. The van der Waals surface area contributed by atoms with Gasteiger partial charge in [0.25, 0.3) is 5.91 Å². The fourth-order valence-corrected chi connectivity index (χ4v) is 3.01. The summed E-state index contributed by atoms with van der Waals surface area (Å²) in [5.41, 5.74) is 1.83. The lowest BCUT2D eigenvalue weighted by atomic mass is 9.98. The number of hydrogen-bond acceptors (Lipinski definition) is 2. The van der Waals surface area contributed by atoms with Gasteiger partial charge >= 0.3 is 0 Å². The molecule has 1 amide bonds. The number of aryl methyl sites for hydroxylation is 1. The average molecular weight is 325 g/mol. The number of carbonyl (C=O) groups excluding carboxylic acids is 1. The molecule has 104 valence electrons. The number of nitrogens with one attached hydrogen (secondary N) is 1. The molecule has 0 saturated carbocycles. The quantitative estimate of drug-likeness (QED) is 0.927. The number of rotatable bonds is 3. The van der Waals surface area contributed by atoms with E-state index in [2.05, 4.69) is 33.2 Å². The van der Waals surface area contributed by atoms with Gasteiger partial charge in [0, 0.05) is 17.6 Å². The van der Waals surface area contributed by atoms with Crippen LogP contribution >= 0.6 is 15.9 Å². The third kappa shape index (κ3) is 4.05. The molecule has 3 nitrogen and oxygen atoms in total. The number of piperidine rings is 1. The SMILES string of the molecule is Cc1ccc(Br)c(C(=O)NCC2CCCN(C)C2)c1. The average Bonchev–Trinajstić information content (AvgIpc) is 2.39. The molecule has 0 radical (unpaired) electrons. The number of amides is 1. The minimum absolute atomic E-state index is 0.0174. The van der Waals surface area contributed by atoms with Crippen LogP contribution in [0.1, 0.15) is 28.8 Å². The fraction of sp³-hybridized carbons (Fsp3) is 0.533. The smallest absolute Gasteiger partial charge is 0.252 e. The van der Waals surface area contributed by atoms with Gasteiger partial charge in [0.1, 0.15) is 0 Å². The zero-order valence-corrected chi connectivity index (χ0v) is 13.2. The molecule has 1 fully saturated rings. The van der Waals surface area contributed by atoms with Crippen molar-refractivity contribution in [3.8, 4) is 0 Å². The zero-order chi connectivity index (χ0) is 13.8. The summed E-state index contributed by atoms with van der Waals surface area (Å²) < 4.78 is 0.858. The van der Waals surface area contributed by atoms with Gasteiger partial charge in [-0.3, -0.25) is 4.79 Å². The summed E-state index contributed by atoms with van der Waals surface area (Å²) in [5, 5.41) is 3.06. The van der Waals surface area contributed by atoms with E-state index in [1.54, 1.807) is 0 Å². The second-order valence-corrected chi connectivity index (χ2v) is 6.32. The lowest BCUT2D eigenvalue weighted by Gasteiger charge is -2.29. The fourth-order valence-electron chi connectivity index (χ4n) is 2.59. The standard InChI is InChI=1S/C15H21BrN2O/c1-11-5-6-14(16)13(8-11)15(19)17-9-12-4-3-7-18(2)10-12/h5-6,8,12H,3-4,7,9-10H2,1-2H3,(H,17,19). The summed E-state index contributed by atoms with van der Waals surface area (Å²) in [6.45, 7) is 5.02. The highest BCUT2D eigenvalue weighted by atomic mass is 79.9. The van der Waals surface area contributed by atoms with Crippen molar-refractivity contribution in [3.05, 3.63) is 33.8 Å². The Morgan fingerprint density at radius 1 is 1.53 bits per heavy atom. The second kappa shape index (κ2) is 6.53. The van der Waals surface area contributed by atoms with E-state index in [0.717, 1.165) is 28.7 Å². The van der Waals surface area contributed by atoms with E-state index in [1.807, 2.05) is 25.1 Å². The summed E-state index contributed by atoms with van der Waals surface area (Å²) >= 11 is 3.44. The molecule has 1 N–H and O–H groups in total. The summed E-state index contributed by atoms with van der Waals surface area (Å²) in [5.74, 6) is 0.593. The topological polar surface area (TPSA) is 32.3 Å². The maximum atomic E-state index is 12.2. The molecule has 1 saturated heterocycles. The minimum Gasteiger partial charge on any atom is -0.352 e. The minimum atomic E-state index is 0.0174. The van der Waals surface area contributed by atoms with Gasteiger partial charge in [-0.1, -0.05) is 11.6 Å². The summed E-state index contributed by atoms with van der Waals surface area (Å²) in [4.78, 5) is 14.5. The molecule has 1 aliphatic rings. The zero-order valence-electron chi connectivity index (χ0n) is 11.6. The van der Waals surface area contributed by atoms with Crippen LogP contribution in [0.3, 0.4) is 0 Å². The molecule has 0 bridgehead atoms. The number of nitrogens with zero attached hydrogens (tertiary/aromatic N) is 1. The summed E-state index contributed by atoms with van der Waals surface area (Å²) in [6.07, 6.45) is 2.44. The first kappa shape index (κ1) is 14.5. The number of carbonyl (C=O) groups is 1. The monoisotopic (exact) mass is 324 g/mol. The Morgan fingerprint density at radius 3 is 3.05 bits per heavy atom. The Labute approximate surface area is 123 Å². The van der Waals surface area contributed by atoms with E-state index in [-0.39, 0.29) is 5.91 Å². The molecule has 1 unspecified atom stereocenters. The third-order valence-electron chi connectivity index (χ3n) is 3.64. The van der Waals surface area contributed by atoms with Crippen molar-refractivity contribution in [2.75, 3.05) is 26.7 Å². The lowest BCUT2D eigenvalue weighted by Crippen LogP contribution is -2.39. The van der Waals surface area contributed by atoms with Crippen LogP contribution in [0.2, 0.25) is 0 Å². The van der Waals surface area contributed by atoms with Crippen LogP contribution in [0.4, 0.5) is 0 Å². The molecule has 0 aliphatic carbocycles. The Hall–Kier alpha value is -0.870. The van der Waals surface area contributed by atoms with Gasteiger partial charge < -0.3 is 10.2 Å². The molecule has 1 aromatic carbocycles. The highest BCUT2D eigenvalue weighted by Crippen LogP contribution is 2.19. The van der Waals surface area contributed by atoms with Gasteiger partial charge in [0.15, 0.2) is 0 Å². The van der Waals surface area contributed by atoms with E-state index in [9.17, 15) is 4.79 Å². The molecular weight excluding hydrogens is 304 g/mol. The molecular formula is C15H21BrN2O. The number of halogens is 1. The molecule has 4 heteroatoms. The number of likely N-dealkylation sites (tertiary alicyclic amines) is 1. The molecule has 19 heavy (non-hydrogen) atoms. The Kier molecular flexibility index (Phi) is 4.99. The Balaban J connectivity index is 1.92. The van der Waals surface area contributed by atoms with Gasteiger partial charge in [-0.15, -0.1) is 0 Å². The number of hydrogen-bond donors (Lipinski definition) is 1. The van der Waals surface area contributed by atoms with Crippen molar-refractivity contribution in [1.82, 2.24) is 10.2 Å². The van der Waals surface area contributed by atoms with Crippen LogP contribution in [-0.4, -0.2) is 37.5 Å². The van der Waals surface area contributed by atoms with Crippen LogP contribution in [0.5, 0.6) is 0 Å². The van der Waals surface area contributed by atoms with E-state index in [1.165, 1.54) is 19.4 Å². The van der Waals surface area contributed by atoms with E-state index in [0.29, 0.717) is 5.92 Å². The van der Waals surface area contributed by atoms with Crippen molar-refractivity contribution in [3.63, 3.8) is 0 Å². The van der Waals surface area contributed by atoms with Crippen molar-refractivity contribution in [1.29, 1.82) is 0 Å². The van der Waals surface area contributed by atoms with Gasteiger partial charge in [0.2, 0.25) is 0 Å². The van der Waals surface area contributed by atoms with E-state index < -0.39 is 0 Å². The largest absolute Gasteiger partial charge is 0.352 e. The van der Waals surface area contributed by atoms with E-state index >= 15 is 0 Å². The van der Waals surface area contributed by atoms with Crippen molar-refractivity contribution >= 4 is 21.8 Å². The molecule has 0 spiro atoms. The first-order chi connectivity index (χ1) is 9.06. The van der Waals surface area contributed by atoms with Crippen LogP contribution < -0.4 is 5.32 Å². The first-order valence-electron chi connectivity index (χ1n) is 6.79. The Bertz CT molecular complexity index is 461. The summed E-state index contributed by atoms with van der Waals surface area (Å²) in [6, 6.07) is 5.85. The van der Waals surface area contributed by atoms with E-state index in [4.69, 9.17) is 0 Å². The van der Waals surface area contributed by atoms with Crippen LogP contribution in [0.15, 0.2) is 22.7 Å². The van der Waals surface area contributed by atoms with Crippen molar-refractivity contribution < 1.29 is 4.79 Å². The highest BCUT2D eigenvalue weighted by molar-refractivity contribution is 9.10. The Morgan fingerprint density at radius 2 is 2.32 bits per heavy atom. The predicted octanol–water partition coefficient (Wildman–Crippen LogP) is 2.83. The predicted molar refractivity (Wildman–Crippen MR) is 81.4 cm³/mol. The highest BCUT2D eigenvalue weighted by Gasteiger charge is 2.18. The van der Waals surface area contributed by atoms with Gasteiger partial charge in [-0.25, -0.2) is 0 Å². The number of benzene rings is 1. The van der Waals surface area contributed by atoms with Gasteiger partial charge in [-0.05, 0) is 67.3 Å². The third-order valence-corrected chi connectivity index (χ3v) is 4.33. The van der Waals surface area contributed by atoms with Gasteiger partial charge in [0.05, 0.1) is 5.56 Å².